The predicted molar refractivity (Wildman–Crippen MR) is 170 cm³/mol. The standard InChI is InChI=1S/C35H24Cl2N2O2/c36-30-20-22(15-17-32(30)38-34(40)28-13-5-9-24-7-1-3-11-26(24)28)19-23-16-18-33(31(37)21-23)39-35(41)29-14-6-10-25-8-2-4-12-27(25)29/h1-18,20-21H,19H2,(H,38,40)(H,39,41). The zero-order valence-electron chi connectivity index (χ0n) is 21.8. The third kappa shape index (κ3) is 5.66. The van der Waals surface area contributed by atoms with Gasteiger partial charge in [0.1, 0.15) is 0 Å². The van der Waals surface area contributed by atoms with E-state index in [1.807, 2.05) is 97.1 Å². The molecule has 6 heteroatoms. The van der Waals surface area contributed by atoms with E-state index >= 15 is 0 Å². The SMILES string of the molecule is O=C(Nc1ccc(Cc2ccc(NC(=O)c3cccc4ccccc34)c(Cl)c2)cc1Cl)c1cccc2ccccc12. The number of hydrogen-bond donors (Lipinski definition) is 2. The zero-order valence-corrected chi connectivity index (χ0v) is 23.3. The Morgan fingerprint density at radius 2 is 0.927 bits per heavy atom. The van der Waals surface area contributed by atoms with Gasteiger partial charge in [-0.25, -0.2) is 0 Å². The van der Waals surface area contributed by atoms with E-state index in [-0.39, 0.29) is 11.8 Å². The molecule has 2 amide bonds. The quantitative estimate of drug-likeness (QED) is 0.208. The number of amides is 2. The first-order valence-electron chi connectivity index (χ1n) is 13.1. The van der Waals surface area contributed by atoms with Crippen LogP contribution in [0.3, 0.4) is 0 Å². The largest absolute Gasteiger partial charge is 0.321 e. The summed E-state index contributed by atoms with van der Waals surface area (Å²) < 4.78 is 0. The van der Waals surface area contributed by atoms with Crippen LogP contribution in [0, 0.1) is 0 Å². The number of nitrogens with one attached hydrogen (secondary N) is 2. The minimum atomic E-state index is -0.218. The van der Waals surface area contributed by atoms with Crippen LogP contribution in [0.15, 0.2) is 121 Å². The third-order valence-electron chi connectivity index (χ3n) is 7.04. The van der Waals surface area contributed by atoms with Gasteiger partial charge in [0.15, 0.2) is 0 Å². The molecule has 0 bridgehead atoms. The molecular weight excluding hydrogens is 551 g/mol. The van der Waals surface area contributed by atoms with Crippen LogP contribution in [0.4, 0.5) is 11.4 Å². The van der Waals surface area contributed by atoms with Gasteiger partial charge in [-0.2, -0.15) is 0 Å². The first-order chi connectivity index (χ1) is 20.0. The van der Waals surface area contributed by atoms with Crippen LogP contribution in [0.5, 0.6) is 0 Å². The average Bonchev–Trinajstić information content (AvgIpc) is 2.99. The van der Waals surface area contributed by atoms with Gasteiger partial charge in [-0.05, 0) is 75.5 Å². The van der Waals surface area contributed by atoms with E-state index in [4.69, 9.17) is 23.2 Å². The molecular formula is C35H24Cl2N2O2. The van der Waals surface area contributed by atoms with E-state index in [9.17, 15) is 9.59 Å². The molecule has 0 aliphatic carbocycles. The lowest BCUT2D eigenvalue weighted by Crippen LogP contribution is -2.13. The van der Waals surface area contributed by atoms with Gasteiger partial charge in [0.25, 0.3) is 11.8 Å². The summed E-state index contributed by atoms with van der Waals surface area (Å²) in [7, 11) is 0. The van der Waals surface area contributed by atoms with E-state index in [0.717, 1.165) is 32.7 Å². The van der Waals surface area contributed by atoms with Crippen molar-refractivity contribution in [3.63, 3.8) is 0 Å². The fourth-order valence-corrected chi connectivity index (χ4v) is 5.50. The fourth-order valence-electron chi connectivity index (χ4n) is 5.00. The van der Waals surface area contributed by atoms with E-state index < -0.39 is 0 Å². The average molecular weight is 575 g/mol. The number of rotatable bonds is 6. The van der Waals surface area contributed by atoms with Crippen molar-refractivity contribution >= 4 is 67.9 Å². The Labute approximate surface area is 247 Å². The van der Waals surface area contributed by atoms with Gasteiger partial charge < -0.3 is 10.6 Å². The molecule has 0 radical (unpaired) electrons. The van der Waals surface area contributed by atoms with E-state index in [1.165, 1.54) is 0 Å². The smallest absolute Gasteiger partial charge is 0.256 e. The summed E-state index contributed by atoms with van der Waals surface area (Å²) in [5.41, 5.74) is 4.18. The second-order valence-electron chi connectivity index (χ2n) is 9.77. The molecule has 0 aliphatic heterocycles. The number of halogens is 2. The second-order valence-corrected chi connectivity index (χ2v) is 10.6. The molecule has 0 aromatic heterocycles. The lowest BCUT2D eigenvalue weighted by atomic mass is 10.0. The van der Waals surface area contributed by atoms with Crippen molar-refractivity contribution in [3.05, 3.63) is 154 Å². The fraction of sp³-hybridized carbons (Fsp3) is 0.0286. The summed E-state index contributed by atoms with van der Waals surface area (Å²) in [6.07, 6.45) is 0.578. The van der Waals surface area contributed by atoms with Crippen molar-refractivity contribution in [2.24, 2.45) is 0 Å². The van der Waals surface area contributed by atoms with Gasteiger partial charge in [0.2, 0.25) is 0 Å². The maximum Gasteiger partial charge on any atom is 0.256 e. The topological polar surface area (TPSA) is 58.2 Å². The molecule has 0 atom stereocenters. The molecule has 4 nitrogen and oxygen atoms in total. The number of carbonyl (C=O) groups is 2. The van der Waals surface area contributed by atoms with Gasteiger partial charge in [-0.3, -0.25) is 9.59 Å². The maximum absolute atomic E-state index is 13.0. The van der Waals surface area contributed by atoms with Gasteiger partial charge in [0, 0.05) is 11.1 Å². The molecule has 6 rings (SSSR count). The highest BCUT2D eigenvalue weighted by Crippen LogP contribution is 2.29. The molecule has 6 aromatic rings. The van der Waals surface area contributed by atoms with Crippen molar-refractivity contribution in [1.82, 2.24) is 0 Å². The normalized spacial score (nSPS) is 11.0. The summed E-state index contributed by atoms with van der Waals surface area (Å²) >= 11 is 13.1. The number of benzene rings is 6. The molecule has 0 unspecified atom stereocenters. The van der Waals surface area contributed by atoms with Crippen molar-refractivity contribution < 1.29 is 9.59 Å². The Morgan fingerprint density at radius 3 is 1.37 bits per heavy atom. The molecule has 0 heterocycles. The van der Waals surface area contributed by atoms with Gasteiger partial charge >= 0.3 is 0 Å². The van der Waals surface area contributed by atoms with Gasteiger partial charge in [-0.1, -0.05) is 108 Å². The van der Waals surface area contributed by atoms with E-state index in [1.54, 1.807) is 24.3 Å². The summed E-state index contributed by atoms with van der Waals surface area (Å²) in [5.74, 6) is -0.436. The van der Waals surface area contributed by atoms with E-state index in [0.29, 0.717) is 39.0 Å². The minimum Gasteiger partial charge on any atom is -0.321 e. The summed E-state index contributed by atoms with van der Waals surface area (Å²) in [6, 6.07) is 38.0. The van der Waals surface area contributed by atoms with Crippen LogP contribution < -0.4 is 10.6 Å². The van der Waals surface area contributed by atoms with Gasteiger partial charge in [0.05, 0.1) is 21.4 Å². The van der Waals surface area contributed by atoms with Crippen molar-refractivity contribution in [1.29, 1.82) is 0 Å². The Hall–Kier alpha value is -4.64. The summed E-state index contributed by atoms with van der Waals surface area (Å²) in [5, 5.41) is 10.5. The lowest BCUT2D eigenvalue weighted by molar-refractivity contribution is 0.102. The third-order valence-corrected chi connectivity index (χ3v) is 7.67. The summed E-state index contributed by atoms with van der Waals surface area (Å²) in [4.78, 5) is 26.1. The Bertz CT molecular complexity index is 1800. The zero-order chi connectivity index (χ0) is 28.3. The molecule has 41 heavy (non-hydrogen) atoms. The predicted octanol–water partition coefficient (Wildman–Crippen LogP) is 9.40. The van der Waals surface area contributed by atoms with Crippen molar-refractivity contribution in [3.8, 4) is 0 Å². The Morgan fingerprint density at radius 1 is 0.512 bits per heavy atom. The van der Waals surface area contributed by atoms with Gasteiger partial charge in [-0.15, -0.1) is 0 Å². The van der Waals surface area contributed by atoms with Crippen LogP contribution in [-0.2, 0) is 6.42 Å². The maximum atomic E-state index is 13.0. The second kappa shape index (κ2) is 11.5. The molecule has 0 spiro atoms. The van der Waals surface area contributed by atoms with Crippen LogP contribution in [0.2, 0.25) is 10.0 Å². The van der Waals surface area contributed by atoms with E-state index in [2.05, 4.69) is 10.6 Å². The highest BCUT2D eigenvalue weighted by Gasteiger charge is 2.14. The summed E-state index contributed by atoms with van der Waals surface area (Å²) in [6.45, 7) is 0. The van der Waals surface area contributed by atoms with Crippen LogP contribution in [0.25, 0.3) is 21.5 Å². The monoisotopic (exact) mass is 574 g/mol. The Balaban J connectivity index is 1.15. The number of fused-ring (bicyclic) bond motifs is 2. The van der Waals surface area contributed by atoms with Crippen molar-refractivity contribution in [2.45, 2.75) is 6.42 Å². The highest BCUT2D eigenvalue weighted by atomic mass is 35.5. The molecule has 6 aromatic carbocycles. The number of anilines is 2. The van der Waals surface area contributed by atoms with Crippen LogP contribution in [0.1, 0.15) is 31.8 Å². The number of carbonyl (C=O) groups excluding carboxylic acids is 2. The minimum absolute atomic E-state index is 0.218. The number of hydrogen-bond acceptors (Lipinski definition) is 2. The molecule has 200 valence electrons. The first kappa shape index (κ1) is 26.6. The first-order valence-corrected chi connectivity index (χ1v) is 13.9. The molecule has 0 fully saturated rings. The molecule has 0 saturated carbocycles. The van der Waals surface area contributed by atoms with Crippen LogP contribution in [-0.4, -0.2) is 11.8 Å². The Kier molecular flexibility index (Phi) is 7.43. The molecule has 0 aliphatic rings. The highest BCUT2D eigenvalue weighted by molar-refractivity contribution is 6.34. The molecule has 0 saturated heterocycles. The lowest BCUT2D eigenvalue weighted by Gasteiger charge is -2.12. The van der Waals surface area contributed by atoms with Crippen LogP contribution >= 0.6 is 23.2 Å². The van der Waals surface area contributed by atoms with Crippen molar-refractivity contribution in [2.75, 3.05) is 10.6 Å². The molecule has 2 N–H and O–H groups in total.